The van der Waals surface area contributed by atoms with Gasteiger partial charge in [0, 0.05) is 30.2 Å². The fourth-order valence-electron chi connectivity index (χ4n) is 3.54. The van der Waals surface area contributed by atoms with Gasteiger partial charge in [-0.3, -0.25) is 4.90 Å². The van der Waals surface area contributed by atoms with E-state index in [0.717, 1.165) is 31.0 Å². The van der Waals surface area contributed by atoms with Crippen LogP contribution in [0.3, 0.4) is 0 Å². The van der Waals surface area contributed by atoms with Crippen LogP contribution in [-0.2, 0) is 13.1 Å². The van der Waals surface area contributed by atoms with Gasteiger partial charge in [0.2, 0.25) is 0 Å². The van der Waals surface area contributed by atoms with Crippen molar-refractivity contribution in [2.75, 3.05) is 12.3 Å². The first-order valence-electron chi connectivity index (χ1n) is 8.07. The molecule has 1 fully saturated rings. The predicted molar refractivity (Wildman–Crippen MR) is 102 cm³/mol. The molecule has 1 atom stereocenters. The molecular formula is C17H22ClN5S. The van der Waals surface area contributed by atoms with Gasteiger partial charge in [0.25, 0.3) is 0 Å². The third kappa shape index (κ3) is 3.27. The quantitative estimate of drug-likeness (QED) is 0.771. The minimum absolute atomic E-state index is 0. The molecule has 0 bridgehead atoms. The highest BCUT2D eigenvalue weighted by atomic mass is 35.5. The summed E-state index contributed by atoms with van der Waals surface area (Å²) in [5, 5.41) is 0.659. The number of benzene rings is 1. The van der Waals surface area contributed by atoms with Crippen molar-refractivity contribution in [2.45, 2.75) is 38.9 Å². The number of imidazole rings is 1. The van der Waals surface area contributed by atoms with Crippen LogP contribution in [0.25, 0.3) is 11.0 Å². The fraction of sp³-hybridized carbons (Fsp3) is 0.412. The van der Waals surface area contributed by atoms with Crippen LogP contribution in [0.4, 0.5) is 5.13 Å². The third-order valence-corrected chi connectivity index (χ3v) is 5.48. The van der Waals surface area contributed by atoms with Gasteiger partial charge in [-0.25, -0.2) is 9.97 Å². The number of hydrogen-bond donors (Lipinski definition) is 1. The first-order chi connectivity index (χ1) is 11.2. The van der Waals surface area contributed by atoms with Crippen LogP contribution in [0.5, 0.6) is 0 Å². The number of likely N-dealkylation sites (tertiary alicyclic amines) is 1. The number of nitrogens with two attached hydrogens (primary N) is 1. The van der Waals surface area contributed by atoms with E-state index in [1.807, 2.05) is 6.20 Å². The van der Waals surface area contributed by atoms with Gasteiger partial charge in [-0.05, 0) is 38.4 Å². The molecule has 2 aromatic heterocycles. The molecule has 0 radical (unpaired) electrons. The van der Waals surface area contributed by atoms with Gasteiger partial charge < -0.3 is 10.3 Å². The smallest absolute Gasteiger partial charge is 0.180 e. The Morgan fingerprint density at radius 3 is 2.96 bits per heavy atom. The largest absolute Gasteiger partial charge is 0.375 e. The minimum atomic E-state index is 0. The Morgan fingerprint density at radius 1 is 1.33 bits per heavy atom. The van der Waals surface area contributed by atoms with E-state index >= 15 is 0 Å². The van der Waals surface area contributed by atoms with Gasteiger partial charge in [-0.1, -0.05) is 12.1 Å². The minimum Gasteiger partial charge on any atom is -0.375 e. The summed E-state index contributed by atoms with van der Waals surface area (Å²) < 4.78 is 2.36. The first kappa shape index (κ1) is 17.2. The van der Waals surface area contributed by atoms with Crippen molar-refractivity contribution < 1.29 is 0 Å². The third-order valence-electron chi connectivity index (χ3n) is 4.67. The lowest BCUT2D eigenvalue weighted by molar-refractivity contribution is 0.226. The summed E-state index contributed by atoms with van der Waals surface area (Å²) in [5.74, 6) is 1.10. The van der Waals surface area contributed by atoms with E-state index in [9.17, 15) is 0 Å². The summed E-state index contributed by atoms with van der Waals surface area (Å²) in [5.41, 5.74) is 8.08. The molecule has 1 aromatic carbocycles. The van der Waals surface area contributed by atoms with Gasteiger partial charge >= 0.3 is 0 Å². The maximum atomic E-state index is 5.76. The first-order valence-corrected chi connectivity index (χ1v) is 8.88. The number of nitrogens with zero attached hydrogens (tertiary/aromatic N) is 4. The Hall–Kier alpha value is -1.63. The predicted octanol–water partition coefficient (Wildman–Crippen LogP) is 3.47. The van der Waals surface area contributed by atoms with Crippen LogP contribution in [0.15, 0.2) is 30.5 Å². The van der Waals surface area contributed by atoms with Crippen molar-refractivity contribution in [2.24, 2.45) is 0 Å². The number of thiazole rings is 1. The Kier molecular flexibility index (Phi) is 5.08. The van der Waals surface area contributed by atoms with E-state index in [4.69, 9.17) is 5.73 Å². The molecule has 0 aliphatic carbocycles. The monoisotopic (exact) mass is 363 g/mol. The van der Waals surface area contributed by atoms with Gasteiger partial charge in [-0.15, -0.1) is 23.7 Å². The second-order valence-corrected chi connectivity index (χ2v) is 7.34. The summed E-state index contributed by atoms with van der Waals surface area (Å²) in [4.78, 5) is 12.7. The van der Waals surface area contributed by atoms with Crippen molar-refractivity contribution in [3.63, 3.8) is 0 Å². The summed E-state index contributed by atoms with van der Waals surface area (Å²) in [6, 6.07) is 8.94. The van der Waals surface area contributed by atoms with Crippen molar-refractivity contribution in [3.8, 4) is 0 Å². The number of rotatable bonds is 4. The molecule has 3 heterocycles. The van der Waals surface area contributed by atoms with Crippen molar-refractivity contribution in [1.29, 1.82) is 0 Å². The standard InChI is InChI=1S/C17H21N5S.ClH/c1-12-20-15-6-2-3-7-16(15)22(12)10-13-5-4-8-21(13)11-14-9-19-17(18)23-14;/h2-3,6-7,9,13H,4-5,8,10-11H2,1H3,(H2,18,19);1H. The number of para-hydroxylation sites is 2. The van der Waals surface area contributed by atoms with Crippen LogP contribution in [-0.4, -0.2) is 32.0 Å². The second kappa shape index (κ2) is 7.09. The number of hydrogen-bond acceptors (Lipinski definition) is 5. The van der Waals surface area contributed by atoms with Gasteiger partial charge in [0.05, 0.1) is 11.0 Å². The van der Waals surface area contributed by atoms with E-state index in [0.29, 0.717) is 11.2 Å². The Balaban J connectivity index is 0.00000169. The SMILES string of the molecule is Cc1nc2ccccc2n1CC1CCCN1Cc1cnc(N)s1.Cl. The number of fused-ring (bicyclic) bond motifs is 1. The van der Waals surface area contributed by atoms with Crippen LogP contribution in [0.1, 0.15) is 23.5 Å². The average molecular weight is 364 g/mol. The summed E-state index contributed by atoms with van der Waals surface area (Å²) in [6.07, 6.45) is 4.40. The maximum absolute atomic E-state index is 5.76. The van der Waals surface area contributed by atoms with E-state index in [1.54, 1.807) is 11.3 Å². The highest BCUT2D eigenvalue weighted by Gasteiger charge is 2.26. The van der Waals surface area contributed by atoms with Gasteiger partial charge in [-0.2, -0.15) is 0 Å². The average Bonchev–Trinajstić information content (AvgIpc) is 3.22. The van der Waals surface area contributed by atoms with E-state index < -0.39 is 0 Å². The molecule has 1 saturated heterocycles. The normalized spacial score (nSPS) is 18.1. The Bertz CT molecular complexity index is 827. The molecule has 0 amide bonds. The zero-order valence-electron chi connectivity index (χ0n) is 13.7. The van der Waals surface area contributed by atoms with Crippen LogP contribution in [0, 0.1) is 6.92 Å². The highest BCUT2D eigenvalue weighted by molar-refractivity contribution is 7.15. The Morgan fingerprint density at radius 2 is 2.17 bits per heavy atom. The van der Waals surface area contributed by atoms with E-state index in [1.165, 1.54) is 23.2 Å². The van der Waals surface area contributed by atoms with Crippen molar-refractivity contribution >= 4 is 39.9 Å². The number of aromatic nitrogens is 3. The summed E-state index contributed by atoms with van der Waals surface area (Å²) in [7, 11) is 0. The van der Waals surface area contributed by atoms with Crippen molar-refractivity contribution in [3.05, 3.63) is 41.2 Å². The maximum Gasteiger partial charge on any atom is 0.180 e. The van der Waals surface area contributed by atoms with E-state index in [2.05, 4.69) is 50.6 Å². The van der Waals surface area contributed by atoms with Crippen LogP contribution < -0.4 is 5.73 Å². The molecule has 1 aliphatic rings. The topological polar surface area (TPSA) is 60.0 Å². The molecule has 4 rings (SSSR count). The van der Waals surface area contributed by atoms with Gasteiger partial charge in [0.15, 0.2) is 5.13 Å². The van der Waals surface area contributed by atoms with Gasteiger partial charge in [0.1, 0.15) is 5.82 Å². The molecule has 7 heteroatoms. The lowest BCUT2D eigenvalue weighted by atomic mass is 10.2. The lowest BCUT2D eigenvalue weighted by Gasteiger charge is -2.24. The summed E-state index contributed by atoms with van der Waals surface area (Å²) in [6.45, 7) is 5.20. The molecule has 3 aromatic rings. The molecule has 0 saturated carbocycles. The Labute approximate surface area is 151 Å². The number of aryl methyl sites for hydroxylation is 1. The number of nitrogen functional groups attached to an aromatic ring is 1. The van der Waals surface area contributed by atoms with Crippen LogP contribution in [0.2, 0.25) is 0 Å². The molecule has 128 valence electrons. The zero-order chi connectivity index (χ0) is 15.8. The number of anilines is 1. The van der Waals surface area contributed by atoms with Crippen LogP contribution >= 0.6 is 23.7 Å². The highest BCUT2D eigenvalue weighted by Crippen LogP contribution is 2.26. The molecule has 1 aliphatic heterocycles. The molecular weight excluding hydrogens is 342 g/mol. The second-order valence-electron chi connectivity index (χ2n) is 6.19. The molecule has 0 spiro atoms. The van der Waals surface area contributed by atoms with Crippen molar-refractivity contribution in [1.82, 2.24) is 19.4 Å². The zero-order valence-corrected chi connectivity index (χ0v) is 15.3. The molecule has 2 N–H and O–H groups in total. The molecule has 1 unspecified atom stereocenters. The fourth-order valence-corrected chi connectivity index (χ4v) is 4.25. The summed E-state index contributed by atoms with van der Waals surface area (Å²) >= 11 is 1.60. The lowest BCUT2D eigenvalue weighted by Crippen LogP contribution is -2.32. The molecule has 24 heavy (non-hydrogen) atoms. The number of halogens is 1. The van der Waals surface area contributed by atoms with E-state index in [-0.39, 0.29) is 12.4 Å². The molecule has 5 nitrogen and oxygen atoms in total.